The quantitative estimate of drug-likeness (QED) is 0.732. The molecule has 3 heterocycles. The van der Waals surface area contributed by atoms with Crippen LogP contribution in [0.5, 0.6) is 0 Å². The molecule has 26 heavy (non-hydrogen) atoms. The average Bonchev–Trinajstić information content (AvgIpc) is 2.82. The Labute approximate surface area is 156 Å². The molecule has 0 spiro atoms. The van der Waals surface area contributed by atoms with Gasteiger partial charge in [0.2, 0.25) is 5.95 Å². The fourth-order valence-electron chi connectivity index (χ4n) is 3.45. The molecule has 7 nitrogen and oxygen atoms in total. The number of aliphatic hydroxyl groups is 1. The number of nitrogens with zero attached hydrogens (tertiary/aromatic N) is 3. The summed E-state index contributed by atoms with van der Waals surface area (Å²) in [5, 5.41) is 12.5. The van der Waals surface area contributed by atoms with E-state index in [0.29, 0.717) is 12.0 Å². The highest BCUT2D eigenvalue weighted by Crippen LogP contribution is 2.36. The third-order valence-corrected chi connectivity index (χ3v) is 5.83. The molecule has 144 valence electrons. The fourth-order valence-corrected chi connectivity index (χ4v) is 3.45. The molecule has 0 saturated carbocycles. The molecule has 1 aromatic heterocycles. The van der Waals surface area contributed by atoms with Crippen LogP contribution in [0.1, 0.15) is 47.0 Å². The molecule has 2 aliphatic heterocycles. The van der Waals surface area contributed by atoms with Crippen LogP contribution in [0.25, 0.3) is 0 Å². The normalized spacial score (nSPS) is 25.4. The van der Waals surface area contributed by atoms with E-state index in [1.165, 1.54) is 12.8 Å². The van der Waals surface area contributed by atoms with Crippen molar-refractivity contribution in [3.8, 4) is 0 Å². The molecule has 1 atom stereocenters. The zero-order chi connectivity index (χ0) is 18.8. The number of β-amino-alcohol motifs (C(OH)–C–C–N with tert-alkyl or cyclic N) is 1. The molecule has 0 aliphatic carbocycles. The third-order valence-electron chi connectivity index (χ3n) is 5.83. The highest BCUT2D eigenvalue weighted by atomic mass is 16.7. The molecule has 0 aromatic carbocycles. The molecule has 0 unspecified atom stereocenters. The van der Waals surface area contributed by atoms with Gasteiger partial charge in [-0.3, -0.25) is 4.90 Å². The van der Waals surface area contributed by atoms with Gasteiger partial charge in [-0.05, 0) is 47.1 Å². The fraction of sp³-hybridized carbons (Fsp3) is 0.778. The number of anilines is 1. The van der Waals surface area contributed by atoms with E-state index in [1.54, 1.807) is 12.4 Å². The van der Waals surface area contributed by atoms with Crippen LogP contribution in [0.15, 0.2) is 12.4 Å². The Balaban J connectivity index is 1.57. The van der Waals surface area contributed by atoms with Gasteiger partial charge in [0.25, 0.3) is 0 Å². The monoisotopic (exact) mass is 362 g/mol. The lowest BCUT2D eigenvalue weighted by molar-refractivity contribution is 0.00578. The summed E-state index contributed by atoms with van der Waals surface area (Å²) in [7, 11) is -0.438. The van der Waals surface area contributed by atoms with Gasteiger partial charge in [-0.1, -0.05) is 6.42 Å². The SMILES string of the molecule is CC1(C)OB(c2cnc(NC[C@H]3CCCCN3CCO)nc2)OC1(C)C. The highest BCUT2D eigenvalue weighted by molar-refractivity contribution is 6.61. The van der Waals surface area contributed by atoms with Crippen LogP contribution in [0.2, 0.25) is 0 Å². The van der Waals surface area contributed by atoms with Crippen LogP contribution in [-0.2, 0) is 9.31 Å². The van der Waals surface area contributed by atoms with Gasteiger partial charge in [-0.2, -0.15) is 0 Å². The second kappa shape index (κ2) is 7.80. The Morgan fingerprint density at radius 2 is 1.85 bits per heavy atom. The molecule has 2 aliphatic rings. The number of rotatable bonds is 6. The summed E-state index contributed by atoms with van der Waals surface area (Å²) in [5.74, 6) is 0.611. The Morgan fingerprint density at radius 3 is 2.46 bits per heavy atom. The largest absolute Gasteiger partial charge is 0.498 e. The number of nitrogens with one attached hydrogen (secondary N) is 1. The molecule has 2 saturated heterocycles. The minimum absolute atomic E-state index is 0.204. The van der Waals surface area contributed by atoms with E-state index in [-0.39, 0.29) is 17.8 Å². The van der Waals surface area contributed by atoms with E-state index in [4.69, 9.17) is 9.31 Å². The summed E-state index contributed by atoms with van der Waals surface area (Å²) in [4.78, 5) is 11.2. The van der Waals surface area contributed by atoms with Gasteiger partial charge in [0.1, 0.15) is 0 Å². The van der Waals surface area contributed by atoms with Crippen LogP contribution in [0.4, 0.5) is 5.95 Å². The summed E-state index contributed by atoms with van der Waals surface area (Å²) in [6.07, 6.45) is 7.11. The van der Waals surface area contributed by atoms with Gasteiger partial charge in [0.15, 0.2) is 0 Å². The van der Waals surface area contributed by atoms with E-state index in [0.717, 1.165) is 31.5 Å². The average molecular weight is 362 g/mol. The zero-order valence-corrected chi connectivity index (χ0v) is 16.4. The zero-order valence-electron chi connectivity index (χ0n) is 16.4. The van der Waals surface area contributed by atoms with E-state index < -0.39 is 7.12 Å². The highest BCUT2D eigenvalue weighted by Gasteiger charge is 2.51. The summed E-state index contributed by atoms with van der Waals surface area (Å²) in [5.41, 5.74) is 0.0889. The van der Waals surface area contributed by atoms with Gasteiger partial charge in [-0.25, -0.2) is 9.97 Å². The Morgan fingerprint density at radius 1 is 1.19 bits per heavy atom. The molecule has 0 radical (unpaired) electrons. The molecular formula is C18H31BN4O3. The maximum absolute atomic E-state index is 9.22. The molecule has 0 amide bonds. The molecule has 0 bridgehead atoms. The second-order valence-corrected chi connectivity index (χ2v) is 8.22. The standard InChI is InChI=1S/C18H31BN4O3/c1-17(2)18(3,4)26-19(25-17)14-11-20-16(21-12-14)22-13-15-7-5-6-8-23(15)9-10-24/h11-12,15,24H,5-10,13H2,1-4H3,(H,20,21,22)/t15-/m1/s1. The molecule has 2 N–H and O–H groups in total. The summed E-state index contributed by atoms with van der Waals surface area (Å²) < 4.78 is 12.1. The summed E-state index contributed by atoms with van der Waals surface area (Å²) >= 11 is 0. The van der Waals surface area contributed by atoms with Crippen molar-refractivity contribution in [2.75, 3.05) is 31.6 Å². The van der Waals surface area contributed by atoms with Crippen molar-refractivity contribution < 1.29 is 14.4 Å². The molecule has 1 aromatic rings. The van der Waals surface area contributed by atoms with Crippen LogP contribution in [0.3, 0.4) is 0 Å². The lowest BCUT2D eigenvalue weighted by Crippen LogP contribution is -2.45. The van der Waals surface area contributed by atoms with Gasteiger partial charge >= 0.3 is 7.12 Å². The predicted octanol–water partition coefficient (Wildman–Crippen LogP) is 1.03. The van der Waals surface area contributed by atoms with Crippen LogP contribution >= 0.6 is 0 Å². The van der Waals surface area contributed by atoms with Crippen molar-refractivity contribution in [2.45, 2.75) is 64.2 Å². The maximum Gasteiger partial charge on any atom is 0.498 e. The first-order valence-electron chi connectivity index (χ1n) is 9.59. The van der Waals surface area contributed by atoms with E-state index in [9.17, 15) is 5.11 Å². The number of hydrogen-bond acceptors (Lipinski definition) is 7. The molecule has 2 fully saturated rings. The lowest BCUT2D eigenvalue weighted by Gasteiger charge is -2.35. The summed E-state index contributed by atoms with van der Waals surface area (Å²) in [6.45, 7) is 10.9. The number of aliphatic hydroxyl groups excluding tert-OH is 1. The molecular weight excluding hydrogens is 331 g/mol. The van der Waals surface area contributed by atoms with E-state index in [1.807, 2.05) is 27.7 Å². The van der Waals surface area contributed by atoms with Gasteiger partial charge in [0.05, 0.1) is 17.8 Å². The van der Waals surface area contributed by atoms with Crippen LogP contribution in [-0.4, -0.2) is 70.6 Å². The van der Waals surface area contributed by atoms with Crippen molar-refractivity contribution in [1.82, 2.24) is 14.9 Å². The first-order chi connectivity index (χ1) is 12.3. The maximum atomic E-state index is 9.22. The smallest absolute Gasteiger partial charge is 0.399 e. The Bertz CT molecular complexity index is 579. The number of likely N-dealkylation sites (tertiary alicyclic amines) is 1. The van der Waals surface area contributed by atoms with Crippen molar-refractivity contribution in [1.29, 1.82) is 0 Å². The number of aromatic nitrogens is 2. The van der Waals surface area contributed by atoms with Crippen molar-refractivity contribution in [2.24, 2.45) is 0 Å². The Hall–Kier alpha value is -1.22. The van der Waals surface area contributed by atoms with Crippen molar-refractivity contribution >= 4 is 18.5 Å². The predicted molar refractivity (Wildman–Crippen MR) is 103 cm³/mol. The Kier molecular flexibility index (Phi) is 5.86. The van der Waals surface area contributed by atoms with E-state index in [2.05, 4.69) is 20.2 Å². The van der Waals surface area contributed by atoms with Gasteiger partial charge in [0, 0.05) is 37.0 Å². The third kappa shape index (κ3) is 4.19. The molecule has 8 heteroatoms. The summed E-state index contributed by atoms with van der Waals surface area (Å²) in [6, 6.07) is 0.419. The van der Waals surface area contributed by atoms with Gasteiger partial charge < -0.3 is 19.7 Å². The van der Waals surface area contributed by atoms with Crippen LogP contribution in [0, 0.1) is 0 Å². The topological polar surface area (TPSA) is 79.7 Å². The number of hydrogen-bond donors (Lipinski definition) is 2. The minimum atomic E-state index is -0.438. The van der Waals surface area contributed by atoms with Crippen LogP contribution < -0.4 is 10.8 Å². The first-order valence-corrected chi connectivity index (χ1v) is 9.59. The van der Waals surface area contributed by atoms with Crippen molar-refractivity contribution in [3.63, 3.8) is 0 Å². The number of piperidine rings is 1. The second-order valence-electron chi connectivity index (χ2n) is 8.22. The minimum Gasteiger partial charge on any atom is -0.399 e. The molecule has 3 rings (SSSR count). The first kappa shape index (κ1) is 19.5. The van der Waals surface area contributed by atoms with Gasteiger partial charge in [-0.15, -0.1) is 0 Å². The van der Waals surface area contributed by atoms with E-state index >= 15 is 0 Å². The lowest BCUT2D eigenvalue weighted by atomic mass is 9.81. The van der Waals surface area contributed by atoms with Crippen molar-refractivity contribution in [3.05, 3.63) is 12.4 Å².